The quantitative estimate of drug-likeness (QED) is 0.746. The largest absolute Gasteiger partial charge is 0.392 e. The molecule has 0 bridgehead atoms. The first-order valence-electron chi connectivity index (χ1n) is 4.20. The van der Waals surface area contributed by atoms with Crippen molar-refractivity contribution in [2.24, 2.45) is 0 Å². The summed E-state index contributed by atoms with van der Waals surface area (Å²) >= 11 is 5.89. The lowest BCUT2D eigenvalue weighted by Crippen LogP contribution is -1.86. The van der Waals surface area contributed by atoms with Crippen molar-refractivity contribution in [3.05, 3.63) is 34.3 Å². The lowest BCUT2D eigenvalue weighted by Gasteiger charge is -2.02. The van der Waals surface area contributed by atoms with Crippen LogP contribution in [-0.4, -0.2) is 5.11 Å². The Bertz CT molecular complexity index is 292. The van der Waals surface area contributed by atoms with Crippen LogP contribution in [0, 0.1) is 0 Å². The van der Waals surface area contributed by atoms with Crippen molar-refractivity contribution in [2.75, 3.05) is 0 Å². The van der Waals surface area contributed by atoms with E-state index >= 15 is 0 Å². The van der Waals surface area contributed by atoms with Gasteiger partial charge in [0.1, 0.15) is 0 Å². The fraction of sp³-hybridized carbons (Fsp3) is 0.400. The van der Waals surface area contributed by atoms with Gasteiger partial charge < -0.3 is 5.11 Å². The van der Waals surface area contributed by atoms with Gasteiger partial charge in [0.2, 0.25) is 0 Å². The summed E-state index contributed by atoms with van der Waals surface area (Å²) in [5.74, 6) is 0.703. The zero-order chi connectivity index (χ0) is 8.55. The van der Waals surface area contributed by atoms with Crippen LogP contribution < -0.4 is 0 Å². The Hall–Kier alpha value is -0.530. The molecule has 2 heteroatoms. The highest BCUT2D eigenvalue weighted by atomic mass is 35.5. The van der Waals surface area contributed by atoms with Crippen LogP contribution in [0.4, 0.5) is 0 Å². The van der Waals surface area contributed by atoms with Gasteiger partial charge >= 0.3 is 0 Å². The van der Waals surface area contributed by atoms with E-state index in [1.807, 2.05) is 18.2 Å². The number of aliphatic hydroxyl groups is 1. The van der Waals surface area contributed by atoms with E-state index < -0.39 is 0 Å². The van der Waals surface area contributed by atoms with Crippen LogP contribution in [0.5, 0.6) is 0 Å². The van der Waals surface area contributed by atoms with Crippen molar-refractivity contribution < 1.29 is 5.11 Å². The van der Waals surface area contributed by atoms with Gasteiger partial charge in [-0.05, 0) is 42.0 Å². The van der Waals surface area contributed by atoms with E-state index in [4.69, 9.17) is 16.7 Å². The maximum absolute atomic E-state index is 8.93. The van der Waals surface area contributed by atoms with Gasteiger partial charge in [-0.2, -0.15) is 0 Å². The van der Waals surface area contributed by atoms with Crippen LogP contribution in [0.2, 0.25) is 5.02 Å². The molecule has 1 nitrogen and oxygen atoms in total. The molecule has 1 aromatic rings. The van der Waals surface area contributed by atoms with Gasteiger partial charge in [-0.3, -0.25) is 0 Å². The molecule has 1 fully saturated rings. The number of halogens is 1. The predicted molar refractivity (Wildman–Crippen MR) is 49.3 cm³/mol. The van der Waals surface area contributed by atoms with Crippen LogP contribution >= 0.6 is 11.6 Å². The summed E-state index contributed by atoms with van der Waals surface area (Å²) in [6.07, 6.45) is 2.54. The Morgan fingerprint density at radius 2 is 2.08 bits per heavy atom. The number of benzene rings is 1. The molecule has 1 aliphatic rings. The molecule has 2 rings (SSSR count). The first kappa shape index (κ1) is 8.09. The topological polar surface area (TPSA) is 20.2 Å². The summed E-state index contributed by atoms with van der Waals surface area (Å²) in [6.45, 7) is 0.0836. The van der Waals surface area contributed by atoms with Gasteiger partial charge in [0.15, 0.2) is 0 Å². The van der Waals surface area contributed by atoms with E-state index in [9.17, 15) is 0 Å². The molecule has 0 radical (unpaired) electrons. The first-order valence-corrected chi connectivity index (χ1v) is 4.57. The van der Waals surface area contributed by atoms with Gasteiger partial charge in [-0.15, -0.1) is 0 Å². The van der Waals surface area contributed by atoms with Crippen LogP contribution in [-0.2, 0) is 6.61 Å². The lowest BCUT2D eigenvalue weighted by molar-refractivity contribution is 0.281. The predicted octanol–water partition coefficient (Wildman–Crippen LogP) is 2.71. The molecule has 0 aromatic heterocycles. The summed E-state index contributed by atoms with van der Waals surface area (Å²) in [6, 6.07) is 5.86. The van der Waals surface area contributed by atoms with Crippen molar-refractivity contribution in [1.82, 2.24) is 0 Å². The highest BCUT2D eigenvalue weighted by molar-refractivity contribution is 6.30. The summed E-state index contributed by atoms with van der Waals surface area (Å²) in [5, 5.41) is 9.67. The van der Waals surface area contributed by atoms with Gasteiger partial charge in [-0.25, -0.2) is 0 Å². The molecule has 0 aliphatic heterocycles. The average molecular weight is 183 g/mol. The molecule has 1 aromatic carbocycles. The molecule has 0 atom stereocenters. The molecule has 0 unspecified atom stereocenters. The second-order valence-corrected chi connectivity index (χ2v) is 3.76. The molecule has 0 heterocycles. The van der Waals surface area contributed by atoms with E-state index in [2.05, 4.69) is 0 Å². The van der Waals surface area contributed by atoms with Crippen molar-refractivity contribution >= 4 is 11.6 Å². The fourth-order valence-electron chi connectivity index (χ4n) is 1.42. The maximum atomic E-state index is 8.93. The van der Waals surface area contributed by atoms with Crippen LogP contribution in [0.15, 0.2) is 18.2 Å². The molecule has 0 saturated heterocycles. The summed E-state index contributed by atoms with van der Waals surface area (Å²) < 4.78 is 0. The number of aliphatic hydroxyl groups excluding tert-OH is 1. The standard InChI is InChI=1S/C10H11ClO/c11-10-4-7(6-12)3-9(5-10)8-1-2-8/h3-5,8,12H,1-2,6H2. The van der Waals surface area contributed by atoms with E-state index in [1.165, 1.54) is 18.4 Å². The van der Waals surface area contributed by atoms with E-state index in [0.717, 1.165) is 10.6 Å². The number of hydrogen-bond acceptors (Lipinski definition) is 1. The Morgan fingerprint density at radius 1 is 1.33 bits per heavy atom. The molecule has 1 N–H and O–H groups in total. The normalized spacial score (nSPS) is 16.5. The smallest absolute Gasteiger partial charge is 0.0682 e. The third-order valence-electron chi connectivity index (χ3n) is 2.21. The molecule has 0 amide bonds. The monoisotopic (exact) mass is 182 g/mol. The highest BCUT2D eigenvalue weighted by Gasteiger charge is 2.23. The van der Waals surface area contributed by atoms with Crippen molar-refractivity contribution in [3.8, 4) is 0 Å². The SMILES string of the molecule is OCc1cc(Cl)cc(C2CC2)c1. The molecule has 0 spiro atoms. The molecule has 64 valence electrons. The van der Waals surface area contributed by atoms with Crippen molar-refractivity contribution in [2.45, 2.75) is 25.4 Å². The van der Waals surface area contributed by atoms with Crippen molar-refractivity contribution in [1.29, 1.82) is 0 Å². The minimum Gasteiger partial charge on any atom is -0.392 e. The first-order chi connectivity index (χ1) is 5.79. The third kappa shape index (κ3) is 1.62. The van der Waals surface area contributed by atoms with Gasteiger partial charge in [0.05, 0.1) is 6.61 Å². The summed E-state index contributed by atoms with van der Waals surface area (Å²) in [5.41, 5.74) is 2.20. The zero-order valence-electron chi connectivity index (χ0n) is 6.76. The minimum atomic E-state index is 0.0836. The number of hydrogen-bond donors (Lipinski definition) is 1. The second kappa shape index (κ2) is 3.08. The molecule has 12 heavy (non-hydrogen) atoms. The van der Waals surface area contributed by atoms with Crippen LogP contribution in [0.3, 0.4) is 0 Å². The Labute approximate surface area is 77.0 Å². The van der Waals surface area contributed by atoms with E-state index in [0.29, 0.717) is 5.92 Å². The van der Waals surface area contributed by atoms with Gasteiger partial charge in [-0.1, -0.05) is 17.7 Å². The summed E-state index contributed by atoms with van der Waals surface area (Å²) in [4.78, 5) is 0. The maximum Gasteiger partial charge on any atom is 0.0682 e. The fourth-order valence-corrected chi connectivity index (χ4v) is 1.69. The lowest BCUT2D eigenvalue weighted by atomic mass is 10.1. The Morgan fingerprint density at radius 3 is 2.67 bits per heavy atom. The second-order valence-electron chi connectivity index (χ2n) is 3.33. The van der Waals surface area contributed by atoms with E-state index in [-0.39, 0.29) is 6.61 Å². The molecular formula is C10H11ClO. The molecule has 1 saturated carbocycles. The zero-order valence-corrected chi connectivity index (χ0v) is 7.51. The van der Waals surface area contributed by atoms with Gasteiger partial charge in [0, 0.05) is 5.02 Å². The van der Waals surface area contributed by atoms with Crippen molar-refractivity contribution in [3.63, 3.8) is 0 Å². The van der Waals surface area contributed by atoms with E-state index in [1.54, 1.807) is 0 Å². The van der Waals surface area contributed by atoms with Gasteiger partial charge in [0.25, 0.3) is 0 Å². The molecular weight excluding hydrogens is 172 g/mol. The minimum absolute atomic E-state index is 0.0836. The highest BCUT2D eigenvalue weighted by Crippen LogP contribution is 2.41. The van der Waals surface area contributed by atoms with Crippen LogP contribution in [0.25, 0.3) is 0 Å². The summed E-state index contributed by atoms with van der Waals surface area (Å²) in [7, 11) is 0. The Kier molecular flexibility index (Phi) is 2.07. The van der Waals surface area contributed by atoms with Crippen LogP contribution in [0.1, 0.15) is 29.9 Å². The molecule has 1 aliphatic carbocycles. The average Bonchev–Trinajstić information content (AvgIpc) is 2.85. The number of rotatable bonds is 2. The third-order valence-corrected chi connectivity index (χ3v) is 2.43. The Balaban J connectivity index is 2.34.